The Labute approximate surface area is 240 Å². The number of rotatable bonds is 6. The molecule has 13 heteroatoms. The fourth-order valence-electron chi connectivity index (χ4n) is 5.72. The highest BCUT2D eigenvalue weighted by Crippen LogP contribution is 2.42. The van der Waals surface area contributed by atoms with Crippen LogP contribution in [0, 0.1) is 11.7 Å². The van der Waals surface area contributed by atoms with E-state index in [4.69, 9.17) is 0 Å². The number of carboxylic acid groups (broad SMARTS) is 1. The van der Waals surface area contributed by atoms with E-state index in [1.54, 1.807) is 37.9 Å². The topological polar surface area (TPSA) is 110 Å². The van der Waals surface area contributed by atoms with Crippen LogP contribution < -0.4 is 10.2 Å². The van der Waals surface area contributed by atoms with Crippen LogP contribution in [0.3, 0.4) is 0 Å². The van der Waals surface area contributed by atoms with Gasteiger partial charge in [0.1, 0.15) is 23.6 Å². The number of carbonyl (C=O) groups excluding carboxylic acids is 3. The van der Waals surface area contributed by atoms with Crippen molar-refractivity contribution in [3.8, 4) is 0 Å². The van der Waals surface area contributed by atoms with E-state index in [2.05, 4.69) is 5.32 Å². The standard InChI is InChI=1S/C29H32F4N4O5/c1-16(2)23(34-24(38)21-15-19(29(31,32)33)7-10-22(21)30)25(39)36-13-11-28(12-14-36)27(42)35(4)17(3)37(28)20-8-5-18(6-9-20)26(40)41/h5-10,15-17,23H,11-14H2,1-4H3,(H,34,38)(H,40,41)/t17-,23+/m0/s1. The van der Waals surface area contributed by atoms with Gasteiger partial charge in [-0.2, -0.15) is 13.2 Å². The van der Waals surface area contributed by atoms with Crippen LogP contribution >= 0.6 is 0 Å². The van der Waals surface area contributed by atoms with Crippen LogP contribution in [0.25, 0.3) is 0 Å². The molecule has 0 unspecified atom stereocenters. The number of piperidine rings is 1. The number of hydrogen-bond acceptors (Lipinski definition) is 5. The van der Waals surface area contributed by atoms with Crippen LogP contribution in [0.4, 0.5) is 23.2 Å². The number of amides is 3. The molecule has 0 aliphatic carbocycles. The molecule has 2 heterocycles. The van der Waals surface area contributed by atoms with Crippen molar-refractivity contribution >= 4 is 29.4 Å². The molecule has 0 bridgehead atoms. The highest BCUT2D eigenvalue weighted by molar-refractivity contribution is 5.98. The van der Waals surface area contributed by atoms with E-state index in [0.717, 1.165) is 0 Å². The molecule has 0 saturated carbocycles. The van der Waals surface area contributed by atoms with Crippen LogP contribution in [-0.2, 0) is 15.8 Å². The summed E-state index contributed by atoms with van der Waals surface area (Å²) >= 11 is 0. The van der Waals surface area contributed by atoms with Crippen LogP contribution in [0.5, 0.6) is 0 Å². The lowest BCUT2D eigenvalue weighted by Gasteiger charge is -2.45. The Morgan fingerprint density at radius 1 is 1.05 bits per heavy atom. The van der Waals surface area contributed by atoms with E-state index in [-0.39, 0.29) is 43.6 Å². The van der Waals surface area contributed by atoms with Crippen molar-refractivity contribution in [1.82, 2.24) is 15.1 Å². The molecular weight excluding hydrogens is 560 g/mol. The second-order valence-corrected chi connectivity index (χ2v) is 11.0. The monoisotopic (exact) mass is 592 g/mol. The number of benzene rings is 2. The number of anilines is 1. The molecule has 4 rings (SSSR count). The number of halogens is 4. The third-order valence-corrected chi connectivity index (χ3v) is 8.17. The Balaban J connectivity index is 1.53. The minimum Gasteiger partial charge on any atom is -0.478 e. The van der Waals surface area contributed by atoms with Crippen molar-refractivity contribution in [2.24, 2.45) is 5.92 Å². The van der Waals surface area contributed by atoms with Gasteiger partial charge in [0.25, 0.3) is 5.91 Å². The van der Waals surface area contributed by atoms with E-state index in [1.165, 1.54) is 17.0 Å². The fourth-order valence-corrected chi connectivity index (χ4v) is 5.72. The maximum Gasteiger partial charge on any atom is 0.416 e. The van der Waals surface area contributed by atoms with E-state index < -0.39 is 58.4 Å². The number of carbonyl (C=O) groups is 4. The Kier molecular flexibility index (Phi) is 8.25. The van der Waals surface area contributed by atoms with Gasteiger partial charge in [-0.15, -0.1) is 0 Å². The zero-order chi connectivity index (χ0) is 31.1. The van der Waals surface area contributed by atoms with E-state index >= 15 is 0 Å². The molecule has 2 aromatic rings. The van der Waals surface area contributed by atoms with E-state index in [9.17, 15) is 41.8 Å². The summed E-state index contributed by atoms with van der Waals surface area (Å²) in [5.74, 6) is -4.48. The summed E-state index contributed by atoms with van der Waals surface area (Å²) in [6.45, 7) is 5.44. The molecule has 0 radical (unpaired) electrons. The molecule has 2 aromatic carbocycles. The Bertz CT molecular complexity index is 1390. The number of likely N-dealkylation sites (N-methyl/N-ethyl adjacent to an activating group) is 1. The molecule has 2 saturated heterocycles. The average molecular weight is 593 g/mol. The first-order valence-corrected chi connectivity index (χ1v) is 13.4. The van der Waals surface area contributed by atoms with Gasteiger partial charge in [0.05, 0.1) is 16.7 Å². The summed E-state index contributed by atoms with van der Waals surface area (Å²) in [6.07, 6.45) is -4.64. The molecule has 9 nitrogen and oxygen atoms in total. The predicted molar refractivity (Wildman–Crippen MR) is 144 cm³/mol. The maximum atomic E-state index is 14.3. The number of alkyl halides is 3. The van der Waals surface area contributed by atoms with Gasteiger partial charge in [-0.3, -0.25) is 14.4 Å². The molecule has 42 heavy (non-hydrogen) atoms. The van der Waals surface area contributed by atoms with Gasteiger partial charge in [-0.05, 0) is 68.1 Å². The highest BCUT2D eigenvalue weighted by atomic mass is 19.4. The third kappa shape index (κ3) is 5.51. The smallest absolute Gasteiger partial charge is 0.416 e. The maximum absolute atomic E-state index is 14.3. The predicted octanol–water partition coefficient (Wildman–Crippen LogP) is 3.98. The van der Waals surface area contributed by atoms with Gasteiger partial charge in [0.2, 0.25) is 11.8 Å². The number of likely N-dealkylation sites (tertiary alicyclic amines) is 1. The summed E-state index contributed by atoms with van der Waals surface area (Å²) in [4.78, 5) is 56.3. The lowest BCUT2D eigenvalue weighted by atomic mass is 9.84. The molecular formula is C29H32F4N4O5. The quantitative estimate of drug-likeness (QED) is 0.492. The first-order valence-electron chi connectivity index (χ1n) is 13.4. The Morgan fingerprint density at radius 2 is 1.64 bits per heavy atom. The van der Waals surface area contributed by atoms with Crippen molar-refractivity contribution in [3.05, 3.63) is 65.0 Å². The van der Waals surface area contributed by atoms with Gasteiger partial charge in [0, 0.05) is 25.8 Å². The molecule has 2 atom stereocenters. The minimum absolute atomic E-state index is 0.103. The molecule has 2 aliphatic rings. The first-order chi connectivity index (χ1) is 19.6. The number of nitrogens with zero attached hydrogens (tertiary/aromatic N) is 3. The third-order valence-electron chi connectivity index (χ3n) is 8.17. The largest absolute Gasteiger partial charge is 0.478 e. The van der Waals surface area contributed by atoms with Crippen LogP contribution in [0.15, 0.2) is 42.5 Å². The van der Waals surface area contributed by atoms with Gasteiger partial charge < -0.3 is 25.1 Å². The Morgan fingerprint density at radius 3 is 2.17 bits per heavy atom. The molecule has 2 aliphatic heterocycles. The molecule has 0 aromatic heterocycles. The van der Waals surface area contributed by atoms with Crippen LogP contribution in [-0.4, -0.2) is 76.5 Å². The second kappa shape index (κ2) is 11.3. The zero-order valence-electron chi connectivity index (χ0n) is 23.5. The van der Waals surface area contributed by atoms with Gasteiger partial charge in [0.15, 0.2) is 0 Å². The lowest BCUT2D eigenvalue weighted by Crippen LogP contribution is -2.60. The van der Waals surface area contributed by atoms with Crippen molar-refractivity contribution in [2.45, 2.75) is 57.5 Å². The number of carboxylic acids is 1. The van der Waals surface area contributed by atoms with Gasteiger partial charge in [-0.25, -0.2) is 9.18 Å². The summed E-state index contributed by atoms with van der Waals surface area (Å²) in [5.41, 5.74) is -2.25. The summed E-state index contributed by atoms with van der Waals surface area (Å²) < 4.78 is 53.8. The molecule has 3 amide bonds. The normalized spacial score (nSPS) is 19.4. The van der Waals surface area contributed by atoms with Crippen LogP contribution in [0.1, 0.15) is 59.9 Å². The SMILES string of the molecule is CC(C)[C@@H](NC(=O)c1cc(C(F)(F)F)ccc1F)C(=O)N1CCC2(CC1)C(=O)N(C)[C@H](C)N2c1ccc(C(=O)O)cc1. The number of nitrogens with one attached hydrogen (secondary N) is 1. The molecule has 2 fully saturated rings. The van der Waals surface area contributed by atoms with Crippen molar-refractivity contribution in [3.63, 3.8) is 0 Å². The summed E-state index contributed by atoms with van der Waals surface area (Å²) in [7, 11) is 1.68. The van der Waals surface area contributed by atoms with Crippen molar-refractivity contribution < 1.29 is 41.8 Å². The molecule has 1 spiro atoms. The van der Waals surface area contributed by atoms with Crippen molar-refractivity contribution in [2.75, 3.05) is 25.0 Å². The van der Waals surface area contributed by atoms with Gasteiger partial charge >= 0.3 is 12.1 Å². The minimum atomic E-state index is -4.78. The molecule has 2 N–H and O–H groups in total. The second-order valence-electron chi connectivity index (χ2n) is 11.0. The van der Waals surface area contributed by atoms with Crippen LogP contribution in [0.2, 0.25) is 0 Å². The number of aromatic carboxylic acids is 1. The fraction of sp³-hybridized carbons (Fsp3) is 0.448. The molecule has 226 valence electrons. The van der Waals surface area contributed by atoms with Gasteiger partial charge in [-0.1, -0.05) is 13.8 Å². The first kappa shape index (κ1) is 30.8. The highest BCUT2D eigenvalue weighted by Gasteiger charge is 2.56. The summed E-state index contributed by atoms with van der Waals surface area (Å²) in [5, 5.41) is 11.7. The number of hydrogen-bond donors (Lipinski definition) is 2. The van der Waals surface area contributed by atoms with E-state index in [1.807, 2.05) is 11.8 Å². The average Bonchev–Trinajstić information content (AvgIpc) is 3.11. The van der Waals surface area contributed by atoms with Crippen molar-refractivity contribution in [1.29, 1.82) is 0 Å². The summed E-state index contributed by atoms with van der Waals surface area (Å²) in [6, 6.07) is 6.56. The zero-order valence-corrected chi connectivity index (χ0v) is 23.5. The Hall–Kier alpha value is -4.16. The lowest BCUT2D eigenvalue weighted by molar-refractivity contribution is -0.140. The van der Waals surface area contributed by atoms with E-state index in [0.29, 0.717) is 23.9 Å².